The summed E-state index contributed by atoms with van der Waals surface area (Å²) in [6.45, 7) is 8.44. The fourth-order valence-corrected chi connectivity index (χ4v) is 4.54. The normalized spacial score (nSPS) is 15.0. The molecule has 2 heterocycles. The Morgan fingerprint density at radius 3 is 2.25 bits per heavy atom. The summed E-state index contributed by atoms with van der Waals surface area (Å²) in [6.07, 6.45) is 0. The molecule has 3 aromatic rings. The number of methoxy groups -OCH3 is 2. The van der Waals surface area contributed by atoms with Crippen LogP contribution >= 0.6 is 11.3 Å². The van der Waals surface area contributed by atoms with Crippen molar-refractivity contribution < 1.29 is 14.2 Å². The summed E-state index contributed by atoms with van der Waals surface area (Å²) in [6, 6.07) is 14.1. The van der Waals surface area contributed by atoms with E-state index in [2.05, 4.69) is 40.3 Å². The van der Waals surface area contributed by atoms with Gasteiger partial charge in [0, 0.05) is 50.2 Å². The molecule has 1 aliphatic heterocycles. The average Bonchev–Trinajstić information content (AvgIpc) is 3.27. The molecule has 0 N–H and O–H groups in total. The molecule has 1 aromatic heterocycles. The van der Waals surface area contributed by atoms with Crippen molar-refractivity contribution in [3.63, 3.8) is 0 Å². The van der Waals surface area contributed by atoms with Crippen LogP contribution in [0.2, 0.25) is 0 Å². The van der Waals surface area contributed by atoms with Crippen molar-refractivity contribution in [3.8, 4) is 17.2 Å². The molecule has 0 saturated carbocycles. The first-order valence-electron chi connectivity index (χ1n) is 10.9. The van der Waals surface area contributed by atoms with E-state index < -0.39 is 0 Å². The Labute approximate surface area is 194 Å². The Kier molecular flexibility index (Phi) is 7.63. The number of piperazine rings is 1. The van der Waals surface area contributed by atoms with Crippen molar-refractivity contribution in [1.82, 2.24) is 14.8 Å². The highest BCUT2D eigenvalue weighted by atomic mass is 32.1. The van der Waals surface area contributed by atoms with Crippen LogP contribution in [0.25, 0.3) is 0 Å². The highest BCUT2D eigenvalue weighted by molar-refractivity contribution is 7.09. The maximum Gasteiger partial charge on any atom is 0.140 e. The molecule has 4 rings (SSSR count). The average molecular weight is 454 g/mol. The highest BCUT2D eigenvalue weighted by Crippen LogP contribution is 2.26. The number of thiazole rings is 1. The molecule has 6 nitrogen and oxygen atoms in total. The molecule has 170 valence electrons. The summed E-state index contributed by atoms with van der Waals surface area (Å²) < 4.78 is 16.8. The molecular formula is C25H31N3O3S. The van der Waals surface area contributed by atoms with Gasteiger partial charge in [-0.15, -0.1) is 11.3 Å². The van der Waals surface area contributed by atoms with Crippen LogP contribution in [0.15, 0.2) is 47.8 Å². The zero-order chi connectivity index (χ0) is 22.3. The van der Waals surface area contributed by atoms with Gasteiger partial charge in [0.05, 0.1) is 19.9 Å². The van der Waals surface area contributed by atoms with E-state index in [1.54, 1.807) is 25.6 Å². The fraction of sp³-hybridized carbons (Fsp3) is 0.400. The SMILES string of the molecule is COc1ccc(OC)c(CN2CCN(Cc3csc(COc4ccc(C)cc4)n3)CC2)c1. The Bertz CT molecular complexity index is 998. The second-order valence-electron chi connectivity index (χ2n) is 8.06. The molecule has 0 radical (unpaired) electrons. The lowest BCUT2D eigenvalue weighted by Gasteiger charge is -2.34. The van der Waals surface area contributed by atoms with Gasteiger partial charge >= 0.3 is 0 Å². The molecule has 1 saturated heterocycles. The van der Waals surface area contributed by atoms with Crippen molar-refractivity contribution in [3.05, 3.63) is 69.7 Å². The van der Waals surface area contributed by atoms with Crippen molar-refractivity contribution in [1.29, 1.82) is 0 Å². The number of hydrogen-bond acceptors (Lipinski definition) is 7. The van der Waals surface area contributed by atoms with Crippen molar-refractivity contribution in [2.75, 3.05) is 40.4 Å². The standard InChI is InChI=1S/C25H31N3O3S/c1-19-4-6-22(7-5-19)31-17-25-26-21(18-32-25)16-28-12-10-27(11-13-28)15-20-14-23(29-2)8-9-24(20)30-3/h4-9,14,18H,10-13,15-17H2,1-3H3. The molecule has 0 unspecified atom stereocenters. The van der Waals surface area contributed by atoms with Gasteiger partial charge in [-0.05, 0) is 37.3 Å². The van der Waals surface area contributed by atoms with Crippen LogP contribution in [0, 0.1) is 6.92 Å². The number of benzene rings is 2. The van der Waals surface area contributed by atoms with Gasteiger partial charge in [-0.1, -0.05) is 17.7 Å². The van der Waals surface area contributed by atoms with Crippen molar-refractivity contribution >= 4 is 11.3 Å². The first-order chi connectivity index (χ1) is 15.6. The molecule has 0 spiro atoms. The number of ether oxygens (including phenoxy) is 3. The molecule has 0 atom stereocenters. The third-order valence-electron chi connectivity index (χ3n) is 5.71. The van der Waals surface area contributed by atoms with Crippen molar-refractivity contribution in [2.24, 2.45) is 0 Å². The lowest BCUT2D eigenvalue weighted by Crippen LogP contribution is -2.45. The van der Waals surface area contributed by atoms with Crippen LogP contribution < -0.4 is 14.2 Å². The second kappa shape index (κ2) is 10.8. The smallest absolute Gasteiger partial charge is 0.140 e. The molecule has 32 heavy (non-hydrogen) atoms. The molecule has 1 fully saturated rings. The number of aryl methyl sites for hydroxylation is 1. The maximum absolute atomic E-state index is 5.86. The Morgan fingerprint density at radius 2 is 1.56 bits per heavy atom. The van der Waals surface area contributed by atoms with Gasteiger partial charge in [0.25, 0.3) is 0 Å². The molecule has 0 amide bonds. The molecule has 7 heteroatoms. The van der Waals surface area contributed by atoms with Gasteiger partial charge in [-0.2, -0.15) is 0 Å². The number of aromatic nitrogens is 1. The first-order valence-corrected chi connectivity index (χ1v) is 11.8. The van der Waals surface area contributed by atoms with E-state index in [0.717, 1.165) is 72.8 Å². The van der Waals surface area contributed by atoms with Gasteiger partial charge in [0.1, 0.15) is 28.9 Å². The molecule has 0 aliphatic carbocycles. The van der Waals surface area contributed by atoms with E-state index >= 15 is 0 Å². The molecule has 0 bridgehead atoms. The fourth-order valence-electron chi connectivity index (χ4n) is 3.85. The zero-order valence-electron chi connectivity index (χ0n) is 19.0. The molecular weight excluding hydrogens is 422 g/mol. The van der Waals surface area contributed by atoms with Gasteiger partial charge in [0.2, 0.25) is 0 Å². The van der Waals surface area contributed by atoms with E-state index in [1.807, 2.05) is 24.3 Å². The Balaban J connectivity index is 1.24. The quantitative estimate of drug-likeness (QED) is 0.480. The lowest BCUT2D eigenvalue weighted by atomic mass is 10.1. The monoisotopic (exact) mass is 453 g/mol. The minimum atomic E-state index is 0.518. The summed E-state index contributed by atoms with van der Waals surface area (Å²) in [4.78, 5) is 9.71. The van der Waals surface area contributed by atoms with Gasteiger partial charge in [-0.25, -0.2) is 4.98 Å². The largest absolute Gasteiger partial charge is 0.497 e. The third-order valence-corrected chi connectivity index (χ3v) is 6.59. The molecule has 2 aromatic carbocycles. The van der Waals surface area contributed by atoms with Gasteiger partial charge < -0.3 is 14.2 Å². The topological polar surface area (TPSA) is 47.1 Å². The summed E-state index contributed by atoms with van der Waals surface area (Å²) in [7, 11) is 3.42. The number of rotatable bonds is 9. The Hall–Kier alpha value is -2.61. The Morgan fingerprint density at radius 1 is 0.875 bits per heavy atom. The van der Waals surface area contributed by atoms with Crippen LogP contribution in [-0.4, -0.2) is 55.2 Å². The van der Waals surface area contributed by atoms with Crippen LogP contribution in [0.3, 0.4) is 0 Å². The van der Waals surface area contributed by atoms with Crippen LogP contribution in [0.5, 0.6) is 17.2 Å². The van der Waals surface area contributed by atoms with E-state index in [-0.39, 0.29) is 0 Å². The van der Waals surface area contributed by atoms with E-state index in [4.69, 9.17) is 19.2 Å². The third kappa shape index (κ3) is 6.00. The van der Waals surface area contributed by atoms with Crippen LogP contribution in [0.1, 0.15) is 21.8 Å². The zero-order valence-corrected chi connectivity index (χ0v) is 19.9. The highest BCUT2D eigenvalue weighted by Gasteiger charge is 2.19. The van der Waals surface area contributed by atoms with Crippen LogP contribution in [-0.2, 0) is 19.7 Å². The first kappa shape index (κ1) is 22.6. The predicted octanol–water partition coefficient (Wildman–Crippen LogP) is 4.37. The van der Waals surface area contributed by atoms with E-state index in [9.17, 15) is 0 Å². The minimum Gasteiger partial charge on any atom is -0.497 e. The summed E-state index contributed by atoms with van der Waals surface area (Å²) in [5.41, 5.74) is 3.52. The number of nitrogens with zero attached hydrogens (tertiary/aromatic N) is 3. The predicted molar refractivity (Wildman–Crippen MR) is 128 cm³/mol. The van der Waals surface area contributed by atoms with Gasteiger partial charge in [-0.3, -0.25) is 9.80 Å². The lowest BCUT2D eigenvalue weighted by molar-refractivity contribution is 0.120. The van der Waals surface area contributed by atoms with E-state index in [1.165, 1.54) is 5.56 Å². The minimum absolute atomic E-state index is 0.518. The summed E-state index contributed by atoms with van der Waals surface area (Å²) in [5.74, 6) is 2.66. The second-order valence-corrected chi connectivity index (χ2v) is 9.01. The summed E-state index contributed by atoms with van der Waals surface area (Å²) >= 11 is 1.67. The van der Waals surface area contributed by atoms with Gasteiger partial charge in [0.15, 0.2) is 0 Å². The summed E-state index contributed by atoms with van der Waals surface area (Å²) in [5, 5.41) is 3.17. The van der Waals surface area contributed by atoms with Crippen molar-refractivity contribution in [2.45, 2.75) is 26.6 Å². The maximum atomic E-state index is 5.86. The molecule has 1 aliphatic rings. The number of hydrogen-bond donors (Lipinski definition) is 0. The van der Waals surface area contributed by atoms with Crippen LogP contribution in [0.4, 0.5) is 0 Å². The van der Waals surface area contributed by atoms with E-state index in [0.29, 0.717) is 6.61 Å².